The fourth-order valence-electron chi connectivity index (χ4n) is 6.55. The first-order chi connectivity index (χ1) is 21.7. The second-order valence-corrected chi connectivity index (χ2v) is 16.2. The number of methoxy groups -OCH3 is 1. The number of carbonyl (C=O) groups is 1. The Morgan fingerprint density at radius 1 is 1.04 bits per heavy atom. The van der Waals surface area contributed by atoms with Gasteiger partial charge >= 0.3 is 0 Å². The molecule has 238 valence electrons. The number of rotatable bonds is 13. The molecule has 1 aliphatic rings. The Hall–Kier alpha value is -3.86. The number of anilines is 1. The summed E-state index contributed by atoms with van der Waals surface area (Å²) >= 11 is 0. The number of benzene rings is 3. The lowest BCUT2D eigenvalue weighted by atomic mass is 9.95. The number of nitrogens with one attached hydrogen (secondary N) is 1. The fourth-order valence-corrected chi connectivity index (χ4v) is 9.15. The molecular weight excluding hydrogens is 587 g/mol. The smallest absolute Gasteiger partial charge is 0.255 e. The predicted molar refractivity (Wildman–Crippen MR) is 176 cm³/mol. The standard InChI is InChI=1S/C35H43FN4O4Si/c1-24-32(19-12-25-10-15-28(16-11-25)37-35(42)27-13-17-29(43-2)18-14-27)44-33(34(24)45(3,4)36)20-21-40-22-31(38-39-40)30(23-41)26-8-6-5-7-9-26/h5-11,13-18,22,24,30,32-34,41H,12,19-21,23H2,1-4H3,(H,37,42)/t24-,30?,32+,33-,34+/m1/s1. The Bertz CT molecular complexity index is 1530. The van der Waals surface area contributed by atoms with E-state index in [0.29, 0.717) is 30.0 Å². The quantitative estimate of drug-likeness (QED) is 0.127. The van der Waals surface area contributed by atoms with E-state index in [9.17, 15) is 9.90 Å². The first-order valence-corrected chi connectivity index (χ1v) is 18.6. The van der Waals surface area contributed by atoms with Crippen molar-refractivity contribution in [3.63, 3.8) is 0 Å². The average Bonchev–Trinajstić information content (AvgIpc) is 3.64. The van der Waals surface area contributed by atoms with Crippen molar-refractivity contribution in [1.29, 1.82) is 0 Å². The minimum absolute atomic E-state index is 0.0415. The molecule has 0 spiro atoms. The summed E-state index contributed by atoms with van der Waals surface area (Å²) in [6.07, 6.45) is 3.87. The molecule has 1 saturated heterocycles. The van der Waals surface area contributed by atoms with Crippen LogP contribution in [0, 0.1) is 5.92 Å². The van der Waals surface area contributed by atoms with Crippen molar-refractivity contribution in [1.82, 2.24) is 15.0 Å². The van der Waals surface area contributed by atoms with Gasteiger partial charge < -0.3 is 24.0 Å². The molecule has 2 heterocycles. The third-order valence-corrected chi connectivity index (χ3v) is 11.4. The van der Waals surface area contributed by atoms with Gasteiger partial charge in [0.05, 0.1) is 37.5 Å². The van der Waals surface area contributed by atoms with Crippen LogP contribution in [0.3, 0.4) is 0 Å². The van der Waals surface area contributed by atoms with Gasteiger partial charge in [-0.3, -0.25) is 9.48 Å². The highest BCUT2D eigenvalue weighted by Crippen LogP contribution is 2.47. The molecule has 2 N–H and O–H groups in total. The van der Waals surface area contributed by atoms with E-state index in [1.165, 1.54) is 0 Å². The molecule has 10 heteroatoms. The molecular formula is C35H43FN4O4Si. The molecule has 5 rings (SSSR count). The van der Waals surface area contributed by atoms with Crippen molar-refractivity contribution in [2.24, 2.45) is 5.92 Å². The van der Waals surface area contributed by atoms with Gasteiger partial charge in [0.15, 0.2) is 0 Å². The number of ether oxygens (including phenoxy) is 2. The van der Waals surface area contributed by atoms with Crippen LogP contribution in [0.15, 0.2) is 85.1 Å². The molecule has 0 aliphatic carbocycles. The maximum absolute atomic E-state index is 15.7. The van der Waals surface area contributed by atoms with Crippen LogP contribution >= 0.6 is 0 Å². The van der Waals surface area contributed by atoms with Gasteiger partial charge in [0.1, 0.15) is 5.75 Å². The summed E-state index contributed by atoms with van der Waals surface area (Å²) in [5, 5.41) is 21.6. The SMILES string of the molecule is COc1ccc(C(=O)Nc2ccc(CC[C@@H]3O[C@H](CCn4cc(C(CO)c5ccccc5)nn4)[C@@H]([Si](C)(C)F)[C@@H]3C)cc2)cc1. The van der Waals surface area contributed by atoms with Crippen molar-refractivity contribution in [2.45, 2.75) is 69.5 Å². The van der Waals surface area contributed by atoms with E-state index in [-0.39, 0.29) is 42.1 Å². The van der Waals surface area contributed by atoms with Crippen molar-refractivity contribution < 1.29 is 23.5 Å². The van der Waals surface area contributed by atoms with Gasteiger partial charge in [-0.15, -0.1) is 5.10 Å². The number of aliphatic hydroxyl groups excluding tert-OH is 1. The van der Waals surface area contributed by atoms with Crippen molar-refractivity contribution in [3.8, 4) is 5.75 Å². The van der Waals surface area contributed by atoms with Crippen LogP contribution in [-0.4, -0.2) is 60.3 Å². The first kappa shape index (κ1) is 32.5. The topological polar surface area (TPSA) is 98.5 Å². The minimum Gasteiger partial charge on any atom is -0.497 e. The summed E-state index contributed by atoms with van der Waals surface area (Å²) in [4.78, 5) is 12.6. The number of amides is 1. The lowest BCUT2D eigenvalue weighted by Gasteiger charge is -2.28. The van der Waals surface area contributed by atoms with E-state index in [0.717, 1.165) is 29.7 Å². The monoisotopic (exact) mass is 630 g/mol. The maximum atomic E-state index is 15.7. The largest absolute Gasteiger partial charge is 0.497 e. The molecule has 1 aromatic heterocycles. The van der Waals surface area contributed by atoms with Crippen LogP contribution in [-0.2, 0) is 17.7 Å². The molecule has 0 bridgehead atoms. The second kappa shape index (κ2) is 14.5. The Labute approximate surface area is 265 Å². The Balaban J connectivity index is 1.16. The fraction of sp³-hybridized carbons (Fsp3) is 0.400. The van der Waals surface area contributed by atoms with Gasteiger partial charge in [-0.05, 0) is 85.8 Å². The summed E-state index contributed by atoms with van der Waals surface area (Å²) in [5.74, 6) is 0.385. The molecule has 45 heavy (non-hydrogen) atoms. The molecule has 1 aliphatic heterocycles. The number of hydrogen-bond acceptors (Lipinski definition) is 6. The van der Waals surface area contributed by atoms with Gasteiger partial charge in [-0.2, -0.15) is 0 Å². The number of aliphatic hydroxyl groups is 1. The maximum Gasteiger partial charge on any atom is 0.255 e. The summed E-state index contributed by atoms with van der Waals surface area (Å²) in [6.45, 7) is 6.20. The van der Waals surface area contributed by atoms with E-state index in [4.69, 9.17) is 9.47 Å². The molecule has 1 amide bonds. The highest BCUT2D eigenvalue weighted by Gasteiger charge is 2.50. The third kappa shape index (κ3) is 8.05. The Kier molecular flexibility index (Phi) is 10.5. The molecule has 5 atom stereocenters. The average molecular weight is 631 g/mol. The predicted octanol–water partition coefficient (Wildman–Crippen LogP) is 6.63. The molecule has 1 fully saturated rings. The zero-order chi connectivity index (χ0) is 32.0. The van der Waals surface area contributed by atoms with Gasteiger partial charge in [0, 0.05) is 29.5 Å². The Morgan fingerprint density at radius 2 is 1.76 bits per heavy atom. The molecule has 8 nitrogen and oxygen atoms in total. The normalized spacial score (nSPS) is 20.6. The van der Waals surface area contributed by atoms with Gasteiger partial charge in [0.2, 0.25) is 8.41 Å². The van der Waals surface area contributed by atoms with E-state index in [2.05, 4.69) is 22.6 Å². The summed E-state index contributed by atoms with van der Waals surface area (Å²) in [6, 6.07) is 24.6. The number of carbonyl (C=O) groups excluding carboxylic acids is 1. The highest BCUT2D eigenvalue weighted by molar-refractivity contribution is 6.72. The van der Waals surface area contributed by atoms with Crippen LogP contribution in [0.4, 0.5) is 9.80 Å². The van der Waals surface area contributed by atoms with Crippen molar-refractivity contribution >= 4 is 20.0 Å². The number of halogens is 1. The second-order valence-electron chi connectivity index (χ2n) is 12.4. The van der Waals surface area contributed by atoms with E-state index in [1.54, 1.807) is 49.2 Å². The number of aryl methyl sites for hydroxylation is 2. The highest BCUT2D eigenvalue weighted by atomic mass is 28.4. The lowest BCUT2D eigenvalue weighted by molar-refractivity contribution is 0.0247. The molecule has 0 saturated carbocycles. The van der Waals surface area contributed by atoms with Crippen LogP contribution in [0.2, 0.25) is 18.6 Å². The van der Waals surface area contributed by atoms with Crippen molar-refractivity contribution in [3.05, 3.63) is 107 Å². The zero-order valence-electron chi connectivity index (χ0n) is 26.4. The van der Waals surface area contributed by atoms with Gasteiger partial charge in [0.25, 0.3) is 5.91 Å². The van der Waals surface area contributed by atoms with Gasteiger partial charge in [-0.1, -0.05) is 54.6 Å². The summed E-state index contributed by atoms with van der Waals surface area (Å²) in [5.41, 5.74) is 4.00. The van der Waals surface area contributed by atoms with E-state index < -0.39 is 8.41 Å². The minimum atomic E-state index is -3.01. The molecule has 1 unspecified atom stereocenters. The van der Waals surface area contributed by atoms with E-state index in [1.807, 2.05) is 60.8 Å². The van der Waals surface area contributed by atoms with Gasteiger partial charge in [-0.25, -0.2) is 0 Å². The molecule has 0 radical (unpaired) electrons. The number of aromatic nitrogens is 3. The first-order valence-electron chi connectivity index (χ1n) is 15.6. The Morgan fingerprint density at radius 3 is 2.40 bits per heavy atom. The van der Waals surface area contributed by atoms with Crippen LogP contribution in [0.1, 0.15) is 52.9 Å². The number of nitrogens with zero attached hydrogens (tertiary/aromatic N) is 3. The number of hydrogen-bond donors (Lipinski definition) is 2. The van der Waals surface area contributed by atoms with Crippen LogP contribution in [0.25, 0.3) is 0 Å². The van der Waals surface area contributed by atoms with Crippen molar-refractivity contribution in [2.75, 3.05) is 19.0 Å². The summed E-state index contributed by atoms with van der Waals surface area (Å²) in [7, 11) is -1.42. The van der Waals surface area contributed by atoms with Crippen LogP contribution in [0.5, 0.6) is 5.75 Å². The summed E-state index contributed by atoms with van der Waals surface area (Å²) < 4.78 is 29.2. The molecule has 4 aromatic rings. The molecule has 3 aromatic carbocycles. The van der Waals surface area contributed by atoms with Crippen LogP contribution < -0.4 is 10.1 Å². The third-order valence-electron chi connectivity index (χ3n) is 8.92. The van der Waals surface area contributed by atoms with E-state index >= 15 is 4.11 Å². The zero-order valence-corrected chi connectivity index (χ0v) is 27.4. The lowest BCUT2D eigenvalue weighted by Crippen LogP contribution is -2.36.